The number of benzene rings is 1. The number of fused-ring (bicyclic) bond motifs is 1. The van der Waals surface area contributed by atoms with Gasteiger partial charge in [0.15, 0.2) is 6.10 Å². The SMILES string of the molecule is CN(C)C(=O)C1CCc2cc(B3OC(C)(C)C(C)(C)O3)ccc2O1. The Labute approximate surface area is 144 Å². The van der Waals surface area contributed by atoms with Gasteiger partial charge in [-0.15, -0.1) is 0 Å². The minimum Gasteiger partial charge on any atom is -0.480 e. The van der Waals surface area contributed by atoms with Crippen molar-refractivity contribution < 1.29 is 18.8 Å². The van der Waals surface area contributed by atoms with Gasteiger partial charge >= 0.3 is 7.12 Å². The lowest BCUT2D eigenvalue weighted by atomic mass is 9.77. The van der Waals surface area contributed by atoms with Crippen molar-refractivity contribution in [2.75, 3.05) is 14.1 Å². The Morgan fingerprint density at radius 3 is 2.38 bits per heavy atom. The molecule has 1 amide bonds. The van der Waals surface area contributed by atoms with Gasteiger partial charge < -0.3 is 18.9 Å². The number of carbonyl (C=O) groups is 1. The summed E-state index contributed by atoms with van der Waals surface area (Å²) in [7, 11) is 3.13. The monoisotopic (exact) mass is 331 g/mol. The molecule has 0 saturated carbocycles. The van der Waals surface area contributed by atoms with E-state index in [-0.39, 0.29) is 24.2 Å². The molecule has 3 rings (SSSR count). The van der Waals surface area contributed by atoms with Crippen molar-refractivity contribution in [2.24, 2.45) is 0 Å². The Kier molecular flexibility index (Phi) is 4.17. The first kappa shape index (κ1) is 17.3. The Morgan fingerprint density at radius 1 is 1.17 bits per heavy atom. The van der Waals surface area contributed by atoms with Gasteiger partial charge in [0.05, 0.1) is 11.2 Å². The standard InChI is InChI=1S/C18H26BNO4/c1-17(2)18(3,4)24-19(23-17)13-8-10-14-12(11-13)7-9-15(22-14)16(21)20(5)6/h8,10-11,15H,7,9H2,1-6H3. The maximum Gasteiger partial charge on any atom is 0.494 e. The molecule has 0 aromatic heterocycles. The fraction of sp³-hybridized carbons (Fsp3) is 0.611. The van der Waals surface area contributed by atoms with Crippen LogP contribution in [0.2, 0.25) is 0 Å². The van der Waals surface area contributed by atoms with E-state index in [2.05, 4.69) is 6.07 Å². The van der Waals surface area contributed by atoms with Crippen LogP contribution in [0.1, 0.15) is 39.7 Å². The summed E-state index contributed by atoms with van der Waals surface area (Å²) in [6.45, 7) is 8.19. The quantitative estimate of drug-likeness (QED) is 0.775. The average Bonchev–Trinajstić information content (AvgIpc) is 2.73. The molecule has 0 aliphatic carbocycles. The van der Waals surface area contributed by atoms with E-state index in [1.807, 2.05) is 39.8 Å². The van der Waals surface area contributed by atoms with Crippen molar-refractivity contribution in [1.82, 2.24) is 4.90 Å². The summed E-state index contributed by atoms with van der Waals surface area (Å²) in [5.41, 5.74) is 1.39. The van der Waals surface area contributed by atoms with E-state index < -0.39 is 6.10 Å². The molecule has 1 saturated heterocycles. The number of likely N-dealkylation sites (N-methyl/N-ethyl adjacent to an activating group) is 1. The minimum atomic E-state index is -0.393. The van der Waals surface area contributed by atoms with E-state index in [4.69, 9.17) is 14.0 Å². The number of hydrogen-bond acceptors (Lipinski definition) is 4. The van der Waals surface area contributed by atoms with E-state index in [0.29, 0.717) is 6.42 Å². The Morgan fingerprint density at radius 2 is 1.79 bits per heavy atom. The van der Waals surface area contributed by atoms with Crippen molar-refractivity contribution >= 4 is 18.5 Å². The molecule has 0 radical (unpaired) electrons. The van der Waals surface area contributed by atoms with Gasteiger partial charge in [-0.1, -0.05) is 12.1 Å². The van der Waals surface area contributed by atoms with E-state index in [9.17, 15) is 4.79 Å². The molecule has 1 aromatic carbocycles. The molecule has 5 nitrogen and oxygen atoms in total. The van der Waals surface area contributed by atoms with Crippen LogP contribution < -0.4 is 10.2 Å². The smallest absolute Gasteiger partial charge is 0.480 e. The first-order chi connectivity index (χ1) is 11.1. The van der Waals surface area contributed by atoms with E-state index in [1.54, 1.807) is 19.0 Å². The first-order valence-electron chi connectivity index (χ1n) is 8.47. The molecule has 2 heterocycles. The van der Waals surface area contributed by atoms with Gasteiger partial charge in [-0.05, 0) is 57.6 Å². The number of nitrogens with zero attached hydrogens (tertiary/aromatic N) is 1. The summed E-state index contributed by atoms with van der Waals surface area (Å²) in [4.78, 5) is 13.7. The molecule has 2 aliphatic rings. The second kappa shape index (κ2) is 5.78. The molecular weight excluding hydrogens is 305 g/mol. The Balaban J connectivity index is 1.79. The van der Waals surface area contributed by atoms with Gasteiger partial charge in [0.25, 0.3) is 5.91 Å². The number of aryl methyl sites for hydroxylation is 1. The molecule has 24 heavy (non-hydrogen) atoms. The molecule has 130 valence electrons. The Hall–Kier alpha value is -1.53. The highest BCUT2D eigenvalue weighted by atomic mass is 16.7. The number of amides is 1. The topological polar surface area (TPSA) is 48.0 Å². The van der Waals surface area contributed by atoms with Gasteiger partial charge in [0, 0.05) is 14.1 Å². The Bertz CT molecular complexity index is 640. The lowest BCUT2D eigenvalue weighted by Gasteiger charge is -2.32. The van der Waals surface area contributed by atoms with Crippen LogP contribution in [0.15, 0.2) is 18.2 Å². The second-order valence-electron chi connectivity index (χ2n) is 7.83. The number of hydrogen-bond donors (Lipinski definition) is 0. The molecule has 0 spiro atoms. The predicted molar refractivity (Wildman–Crippen MR) is 93.6 cm³/mol. The highest BCUT2D eigenvalue weighted by Crippen LogP contribution is 2.37. The third-order valence-electron chi connectivity index (χ3n) is 5.27. The summed E-state index contributed by atoms with van der Waals surface area (Å²) in [5.74, 6) is 0.789. The van der Waals surface area contributed by atoms with Crippen LogP contribution in [0.25, 0.3) is 0 Å². The van der Waals surface area contributed by atoms with Crippen LogP contribution in [0.3, 0.4) is 0 Å². The van der Waals surface area contributed by atoms with Gasteiger partial charge in [-0.25, -0.2) is 0 Å². The van der Waals surface area contributed by atoms with Gasteiger partial charge in [0.1, 0.15) is 5.75 Å². The number of rotatable bonds is 2. The normalized spacial score (nSPS) is 24.2. The van der Waals surface area contributed by atoms with Crippen LogP contribution in [0.5, 0.6) is 5.75 Å². The van der Waals surface area contributed by atoms with Gasteiger partial charge in [0.2, 0.25) is 0 Å². The van der Waals surface area contributed by atoms with E-state index >= 15 is 0 Å². The van der Waals surface area contributed by atoms with Gasteiger partial charge in [-0.2, -0.15) is 0 Å². The number of carbonyl (C=O) groups excluding carboxylic acids is 1. The molecule has 1 atom stereocenters. The fourth-order valence-electron chi connectivity index (χ4n) is 3.00. The van der Waals surface area contributed by atoms with Crippen LogP contribution in [0.4, 0.5) is 0 Å². The van der Waals surface area contributed by atoms with Gasteiger partial charge in [-0.3, -0.25) is 4.79 Å². The number of ether oxygens (including phenoxy) is 1. The average molecular weight is 331 g/mol. The third-order valence-corrected chi connectivity index (χ3v) is 5.27. The molecule has 0 bridgehead atoms. The van der Waals surface area contributed by atoms with Crippen LogP contribution >= 0.6 is 0 Å². The van der Waals surface area contributed by atoms with Crippen molar-refractivity contribution in [2.45, 2.75) is 57.8 Å². The molecule has 0 N–H and O–H groups in total. The maximum atomic E-state index is 12.1. The lowest BCUT2D eigenvalue weighted by Crippen LogP contribution is -2.41. The summed E-state index contributed by atoms with van der Waals surface area (Å²) >= 11 is 0. The van der Waals surface area contributed by atoms with Crippen molar-refractivity contribution in [3.05, 3.63) is 23.8 Å². The lowest BCUT2D eigenvalue weighted by molar-refractivity contribution is -0.136. The molecule has 1 aromatic rings. The summed E-state index contributed by atoms with van der Waals surface area (Å²) in [6.07, 6.45) is 1.11. The zero-order chi connectivity index (χ0) is 17.7. The molecule has 2 aliphatic heterocycles. The van der Waals surface area contributed by atoms with Crippen molar-refractivity contribution in [3.63, 3.8) is 0 Å². The molecule has 1 unspecified atom stereocenters. The zero-order valence-electron chi connectivity index (χ0n) is 15.4. The first-order valence-corrected chi connectivity index (χ1v) is 8.47. The summed E-state index contributed by atoms with van der Waals surface area (Å²) in [6, 6.07) is 5.96. The maximum absolute atomic E-state index is 12.1. The van der Waals surface area contributed by atoms with Crippen molar-refractivity contribution in [3.8, 4) is 5.75 Å². The predicted octanol–water partition coefficient (Wildman–Crippen LogP) is 1.77. The molecule has 1 fully saturated rings. The minimum absolute atomic E-state index is 0.00989. The van der Waals surface area contributed by atoms with Crippen LogP contribution in [0, 0.1) is 0 Å². The zero-order valence-corrected chi connectivity index (χ0v) is 15.4. The summed E-state index contributed by atoms with van der Waals surface area (Å²) < 4.78 is 18.1. The molecular formula is C18H26BNO4. The van der Waals surface area contributed by atoms with E-state index in [0.717, 1.165) is 23.2 Å². The van der Waals surface area contributed by atoms with Crippen molar-refractivity contribution in [1.29, 1.82) is 0 Å². The largest absolute Gasteiger partial charge is 0.494 e. The summed E-state index contributed by atoms with van der Waals surface area (Å²) in [5, 5.41) is 0. The highest BCUT2D eigenvalue weighted by Gasteiger charge is 2.51. The fourth-order valence-corrected chi connectivity index (χ4v) is 3.00. The van der Waals surface area contributed by atoms with Crippen LogP contribution in [-0.2, 0) is 20.5 Å². The van der Waals surface area contributed by atoms with Crippen LogP contribution in [-0.4, -0.2) is 49.3 Å². The second-order valence-corrected chi connectivity index (χ2v) is 7.83. The third kappa shape index (κ3) is 2.93. The molecule has 6 heteroatoms. The van der Waals surface area contributed by atoms with E-state index in [1.165, 1.54) is 0 Å². The highest BCUT2D eigenvalue weighted by molar-refractivity contribution is 6.62.